The summed E-state index contributed by atoms with van der Waals surface area (Å²) in [5.74, 6) is -0.582. The van der Waals surface area contributed by atoms with Crippen LogP contribution in [0.25, 0.3) is 10.9 Å². The molecule has 1 N–H and O–H groups in total. The first-order chi connectivity index (χ1) is 14.1. The molecule has 3 aromatic carbocycles. The van der Waals surface area contributed by atoms with Gasteiger partial charge in [0.05, 0.1) is 0 Å². The lowest BCUT2D eigenvalue weighted by Crippen LogP contribution is -2.25. The number of rotatable bonds is 6. The molecule has 4 rings (SSSR count). The molecule has 0 radical (unpaired) electrons. The van der Waals surface area contributed by atoms with Crippen molar-refractivity contribution < 1.29 is 9.18 Å². The van der Waals surface area contributed by atoms with Crippen molar-refractivity contribution in [3.63, 3.8) is 0 Å². The number of para-hydroxylation sites is 1. The summed E-state index contributed by atoms with van der Waals surface area (Å²) in [5.41, 5.74) is 3.97. The standard InChI is InChI=1S/C25H23FN2O/c1-28-17-23(21-12-5-6-13-24(21)28)22(19-10-7-11-20(26)14-19)15-25(29)27-16-18-8-3-2-4-9-18/h2-14,17,22H,15-16H2,1H3,(H,27,29)/t22-/m1/s1. The van der Waals surface area contributed by atoms with Crippen LogP contribution in [0.4, 0.5) is 4.39 Å². The SMILES string of the molecule is Cn1cc([C@H](CC(=O)NCc2ccccc2)c2cccc(F)c2)c2ccccc21. The third kappa shape index (κ3) is 4.21. The zero-order valence-electron chi connectivity index (χ0n) is 16.3. The number of aryl methyl sites for hydroxylation is 1. The van der Waals surface area contributed by atoms with E-state index in [1.165, 1.54) is 12.1 Å². The molecule has 1 amide bonds. The highest BCUT2D eigenvalue weighted by Gasteiger charge is 2.22. The average Bonchev–Trinajstić information content (AvgIpc) is 3.08. The fraction of sp³-hybridized carbons (Fsp3) is 0.160. The lowest BCUT2D eigenvalue weighted by Gasteiger charge is -2.17. The summed E-state index contributed by atoms with van der Waals surface area (Å²) in [5, 5.41) is 4.08. The molecule has 0 bridgehead atoms. The van der Waals surface area contributed by atoms with Crippen LogP contribution in [0.1, 0.15) is 29.0 Å². The van der Waals surface area contributed by atoms with Crippen molar-refractivity contribution in [2.24, 2.45) is 7.05 Å². The predicted octanol–water partition coefficient (Wildman–Crippen LogP) is 5.16. The summed E-state index contributed by atoms with van der Waals surface area (Å²) in [7, 11) is 1.99. The smallest absolute Gasteiger partial charge is 0.221 e. The fourth-order valence-corrected chi connectivity index (χ4v) is 3.84. The predicted molar refractivity (Wildman–Crippen MR) is 114 cm³/mol. The van der Waals surface area contributed by atoms with Gasteiger partial charge in [-0.2, -0.15) is 0 Å². The molecule has 0 unspecified atom stereocenters. The summed E-state index contributed by atoms with van der Waals surface area (Å²) < 4.78 is 16.0. The van der Waals surface area contributed by atoms with Gasteiger partial charge in [0.1, 0.15) is 5.82 Å². The molecule has 0 fully saturated rings. The van der Waals surface area contributed by atoms with E-state index in [9.17, 15) is 9.18 Å². The van der Waals surface area contributed by atoms with Gasteiger partial charge in [-0.25, -0.2) is 4.39 Å². The van der Waals surface area contributed by atoms with Crippen molar-refractivity contribution in [2.75, 3.05) is 0 Å². The van der Waals surface area contributed by atoms with Gasteiger partial charge >= 0.3 is 0 Å². The van der Waals surface area contributed by atoms with E-state index in [4.69, 9.17) is 0 Å². The first-order valence-electron chi connectivity index (χ1n) is 9.72. The maximum Gasteiger partial charge on any atom is 0.221 e. The lowest BCUT2D eigenvalue weighted by molar-refractivity contribution is -0.121. The number of amides is 1. The van der Waals surface area contributed by atoms with Crippen molar-refractivity contribution in [1.82, 2.24) is 9.88 Å². The number of aromatic nitrogens is 1. The minimum atomic E-state index is -0.294. The quantitative estimate of drug-likeness (QED) is 0.488. The maximum absolute atomic E-state index is 14.0. The van der Waals surface area contributed by atoms with E-state index in [-0.39, 0.29) is 24.1 Å². The zero-order chi connectivity index (χ0) is 20.2. The molecule has 1 heterocycles. The van der Waals surface area contributed by atoms with Gasteiger partial charge in [-0.1, -0.05) is 60.7 Å². The van der Waals surface area contributed by atoms with Gasteiger partial charge < -0.3 is 9.88 Å². The molecule has 0 spiro atoms. The fourth-order valence-electron chi connectivity index (χ4n) is 3.84. The molecule has 0 saturated carbocycles. The number of carbonyl (C=O) groups is 1. The van der Waals surface area contributed by atoms with Gasteiger partial charge in [0.15, 0.2) is 0 Å². The Labute approximate surface area is 169 Å². The van der Waals surface area contributed by atoms with Gasteiger partial charge in [0.25, 0.3) is 0 Å². The van der Waals surface area contributed by atoms with Crippen LogP contribution in [0.5, 0.6) is 0 Å². The molecule has 1 atom stereocenters. The van der Waals surface area contributed by atoms with Crippen LogP contribution in [-0.4, -0.2) is 10.5 Å². The Balaban J connectivity index is 1.65. The highest BCUT2D eigenvalue weighted by atomic mass is 19.1. The third-order valence-corrected chi connectivity index (χ3v) is 5.28. The number of nitrogens with zero attached hydrogens (tertiary/aromatic N) is 1. The van der Waals surface area contributed by atoms with Crippen molar-refractivity contribution >= 4 is 16.8 Å². The van der Waals surface area contributed by atoms with Crippen LogP contribution >= 0.6 is 0 Å². The topological polar surface area (TPSA) is 34.0 Å². The molecule has 0 aliphatic rings. The van der Waals surface area contributed by atoms with Crippen LogP contribution in [0.3, 0.4) is 0 Å². The van der Waals surface area contributed by atoms with Crippen LogP contribution < -0.4 is 5.32 Å². The molecule has 4 heteroatoms. The van der Waals surface area contributed by atoms with Crippen LogP contribution in [0.2, 0.25) is 0 Å². The Kier molecular flexibility index (Phi) is 5.43. The second-order valence-electron chi connectivity index (χ2n) is 7.29. The monoisotopic (exact) mass is 386 g/mol. The van der Waals surface area contributed by atoms with Crippen LogP contribution in [0, 0.1) is 5.82 Å². The Bertz CT molecular complexity index is 1130. The van der Waals surface area contributed by atoms with Gasteiger partial charge in [-0.05, 0) is 34.9 Å². The van der Waals surface area contributed by atoms with E-state index in [1.54, 1.807) is 6.07 Å². The minimum absolute atomic E-state index is 0.0592. The van der Waals surface area contributed by atoms with Crippen LogP contribution in [0.15, 0.2) is 85.1 Å². The van der Waals surface area contributed by atoms with Gasteiger partial charge in [-0.15, -0.1) is 0 Å². The van der Waals surface area contributed by atoms with E-state index in [0.29, 0.717) is 6.54 Å². The Morgan fingerprint density at radius 1 is 1.00 bits per heavy atom. The van der Waals surface area contributed by atoms with Crippen molar-refractivity contribution in [3.05, 3.63) is 108 Å². The van der Waals surface area contributed by atoms with E-state index < -0.39 is 0 Å². The summed E-state index contributed by atoms with van der Waals surface area (Å²) in [4.78, 5) is 12.8. The summed E-state index contributed by atoms with van der Waals surface area (Å²) in [6.07, 6.45) is 2.30. The maximum atomic E-state index is 14.0. The van der Waals surface area contributed by atoms with Crippen molar-refractivity contribution in [3.8, 4) is 0 Å². The molecule has 29 heavy (non-hydrogen) atoms. The second kappa shape index (κ2) is 8.31. The van der Waals surface area contributed by atoms with Gasteiger partial charge in [0, 0.05) is 43.0 Å². The molecular formula is C25H23FN2O. The van der Waals surface area contributed by atoms with Crippen LogP contribution in [-0.2, 0) is 18.4 Å². The number of halogens is 1. The van der Waals surface area contributed by atoms with E-state index in [0.717, 1.165) is 27.6 Å². The molecule has 146 valence electrons. The van der Waals surface area contributed by atoms with E-state index >= 15 is 0 Å². The molecule has 0 aliphatic carbocycles. The third-order valence-electron chi connectivity index (χ3n) is 5.28. The molecule has 1 aromatic heterocycles. The van der Waals surface area contributed by atoms with E-state index in [2.05, 4.69) is 22.0 Å². The van der Waals surface area contributed by atoms with Crippen molar-refractivity contribution in [1.29, 1.82) is 0 Å². The minimum Gasteiger partial charge on any atom is -0.352 e. The normalized spacial score (nSPS) is 12.1. The van der Waals surface area contributed by atoms with Gasteiger partial charge in [-0.3, -0.25) is 4.79 Å². The highest BCUT2D eigenvalue weighted by molar-refractivity contribution is 5.86. The first kappa shape index (κ1) is 18.9. The molecule has 4 aromatic rings. The number of carbonyl (C=O) groups excluding carboxylic acids is 1. The van der Waals surface area contributed by atoms with E-state index in [1.807, 2.05) is 61.8 Å². The van der Waals surface area contributed by atoms with Crippen molar-refractivity contribution in [2.45, 2.75) is 18.9 Å². The number of benzene rings is 3. The summed E-state index contributed by atoms with van der Waals surface area (Å²) in [6.45, 7) is 0.477. The number of hydrogen-bond acceptors (Lipinski definition) is 1. The van der Waals surface area contributed by atoms with Gasteiger partial charge in [0.2, 0.25) is 5.91 Å². The molecule has 3 nitrogen and oxygen atoms in total. The number of fused-ring (bicyclic) bond motifs is 1. The molecule has 0 aliphatic heterocycles. The number of hydrogen-bond donors (Lipinski definition) is 1. The molecular weight excluding hydrogens is 363 g/mol. The Morgan fingerprint density at radius 3 is 2.55 bits per heavy atom. The lowest BCUT2D eigenvalue weighted by atomic mass is 9.88. The molecule has 0 saturated heterocycles. The summed E-state index contributed by atoms with van der Waals surface area (Å²) in [6, 6.07) is 24.5. The number of nitrogens with one attached hydrogen (secondary N) is 1. The largest absolute Gasteiger partial charge is 0.352 e. The first-order valence-corrected chi connectivity index (χ1v) is 9.72. The average molecular weight is 386 g/mol. The second-order valence-corrected chi connectivity index (χ2v) is 7.29. The summed E-state index contributed by atoms with van der Waals surface area (Å²) >= 11 is 0. The zero-order valence-corrected chi connectivity index (χ0v) is 16.3. The Morgan fingerprint density at radius 2 is 1.76 bits per heavy atom. The highest BCUT2D eigenvalue weighted by Crippen LogP contribution is 2.34. The Hall–Kier alpha value is -3.40.